The molecule has 1 amide bonds. The minimum Gasteiger partial charge on any atom is -0.441 e. The molecule has 0 saturated carbocycles. The first kappa shape index (κ1) is 12.9. The van der Waals surface area contributed by atoms with Gasteiger partial charge in [-0.05, 0) is 31.5 Å². The van der Waals surface area contributed by atoms with E-state index in [9.17, 15) is 4.79 Å². The standard InChI is InChI=1S/C13H15ClN2O2/c1-8-15-10-6-9(4-5-11(10)18-8)13(2,3)16-12(17)7-14/h4-6H,7H2,1-3H3,(H,16,17). The Balaban J connectivity index is 2.37. The summed E-state index contributed by atoms with van der Waals surface area (Å²) in [6, 6.07) is 5.70. The van der Waals surface area contributed by atoms with Gasteiger partial charge in [0.05, 0.1) is 5.54 Å². The van der Waals surface area contributed by atoms with Gasteiger partial charge in [0.2, 0.25) is 5.91 Å². The highest BCUT2D eigenvalue weighted by Crippen LogP contribution is 2.24. The van der Waals surface area contributed by atoms with E-state index in [1.54, 1.807) is 6.92 Å². The van der Waals surface area contributed by atoms with Gasteiger partial charge in [-0.25, -0.2) is 4.98 Å². The predicted octanol–water partition coefficient (Wildman–Crippen LogP) is 2.73. The molecule has 1 N–H and O–H groups in total. The fourth-order valence-corrected chi connectivity index (χ4v) is 1.95. The van der Waals surface area contributed by atoms with Crippen molar-refractivity contribution < 1.29 is 9.21 Å². The van der Waals surface area contributed by atoms with Gasteiger partial charge in [0.1, 0.15) is 11.4 Å². The topological polar surface area (TPSA) is 55.1 Å². The summed E-state index contributed by atoms with van der Waals surface area (Å²) in [5.41, 5.74) is 2.00. The average Bonchev–Trinajstić information content (AvgIpc) is 2.67. The second-order valence-corrected chi connectivity index (χ2v) is 4.99. The average molecular weight is 267 g/mol. The summed E-state index contributed by atoms with van der Waals surface area (Å²) in [4.78, 5) is 15.7. The lowest BCUT2D eigenvalue weighted by atomic mass is 9.94. The number of carbonyl (C=O) groups excluding carboxylic acids is 1. The number of carbonyl (C=O) groups is 1. The third kappa shape index (κ3) is 2.48. The fraction of sp³-hybridized carbons (Fsp3) is 0.385. The number of benzene rings is 1. The van der Waals surface area contributed by atoms with Crippen molar-refractivity contribution in [2.45, 2.75) is 26.3 Å². The van der Waals surface area contributed by atoms with E-state index in [-0.39, 0.29) is 11.8 Å². The van der Waals surface area contributed by atoms with Crippen LogP contribution in [-0.2, 0) is 10.3 Å². The summed E-state index contributed by atoms with van der Waals surface area (Å²) < 4.78 is 5.42. The molecule has 0 aliphatic carbocycles. The molecule has 0 fully saturated rings. The monoisotopic (exact) mass is 266 g/mol. The Kier molecular flexibility index (Phi) is 3.30. The van der Waals surface area contributed by atoms with Crippen LogP contribution in [0.3, 0.4) is 0 Å². The van der Waals surface area contributed by atoms with E-state index < -0.39 is 5.54 Å². The maximum Gasteiger partial charge on any atom is 0.235 e. The Labute approximate surface area is 110 Å². The molecule has 4 nitrogen and oxygen atoms in total. The predicted molar refractivity (Wildman–Crippen MR) is 70.6 cm³/mol. The lowest BCUT2D eigenvalue weighted by Gasteiger charge is -2.26. The first-order chi connectivity index (χ1) is 8.42. The first-order valence-corrected chi connectivity index (χ1v) is 6.20. The molecule has 96 valence electrons. The maximum atomic E-state index is 11.4. The molecule has 18 heavy (non-hydrogen) atoms. The van der Waals surface area contributed by atoms with Crippen LogP contribution in [0.25, 0.3) is 11.1 Å². The number of nitrogens with one attached hydrogen (secondary N) is 1. The van der Waals surface area contributed by atoms with E-state index in [2.05, 4.69) is 10.3 Å². The molecule has 0 radical (unpaired) electrons. The molecule has 0 spiro atoms. The summed E-state index contributed by atoms with van der Waals surface area (Å²) in [5, 5.41) is 2.86. The van der Waals surface area contributed by atoms with E-state index in [4.69, 9.17) is 16.0 Å². The third-order valence-electron chi connectivity index (χ3n) is 2.79. The Morgan fingerprint density at radius 3 is 2.89 bits per heavy atom. The van der Waals surface area contributed by atoms with Crippen molar-refractivity contribution in [3.63, 3.8) is 0 Å². The van der Waals surface area contributed by atoms with Crippen molar-refractivity contribution >= 4 is 28.6 Å². The Morgan fingerprint density at radius 1 is 1.50 bits per heavy atom. The van der Waals surface area contributed by atoms with Gasteiger partial charge in [-0.2, -0.15) is 0 Å². The van der Waals surface area contributed by atoms with E-state index >= 15 is 0 Å². The largest absolute Gasteiger partial charge is 0.441 e. The van der Waals surface area contributed by atoms with Crippen molar-refractivity contribution in [3.8, 4) is 0 Å². The number of oxazole rings is 1. The second-order valence-electron chi connectivity index (χ2n) is 4.72. The molecule has 1 heterocycles. The highest BCUT2D eigenvalue weighted by atomic mass is 35.5. The molecule has 2 rings (SSSR count). The van der Waals surface area contributed by atoms with Crippen molar-refractivity contribution in [2.24, 2.45) is 0 Å². The zero-order valence-corrected chi connectivity index (χ0v) is 11.3. The van der Waals surface area contributed by atoms with Gasteiger partial charge in [-0.15, -0.1) is 11.6 Å². The van der Waals surface area contributed by atoms with Crippen LogP contribution in [-0.4, -0.2) is 16.8 Å². The molecule has 1 aromatic heterocycles. The molecular weight excluding hydrogens is 252 g/mol. The Bertz CT molecular complexity index is 590. The summed E-state index contributed by atoms with van der Waals surface area (Å²) in [5.74, 6) is 0.386. The second kappa shape index (κ2) is 4.61. The highest BCUT2D eigenvalue weighted by Gasteiger charge is 2.23. The van der Waals surface area contributed by atoms with E-state index in [1.807, 2.05) is 32.0 Å². The van der Waals surface area contributed by atoms with Gasteiger partial charge < -0.3 is 9.73 Å². The number of hydrogen-bond acceptors (Lipinski definition) is 3. The number of aryl methyl sites for hydroxylation is 1. The van der Waals surface area contributed by atoms with Gasteiger partial charge in [0, 0.05) is 6.92 Å². The summed E-state index contributed by atoms with van der Waals surface area (Å²) in [6.45, 7) is 5.65. The van der Waals surface area contributed by atoms with Gasteiger partial charge >= 0.3 is 0 Å². The van der Waals surface area contributed by atoms with Crippen molar-refractivity contribution in [3.05, 3.63) is 29.7 Å². The van der Waals surface area contributed by atoms with Crippen LogP contribution in [0.2, 0.25) is 0 Å². The van der Waals surface area contributed by atoms with Crippen LogP contribution in [0.15, 0.2) is 22.6 Å². The zero-order valence-electron chi connectivity index (χ0n) is 10.6. The minimum atomic E-state index is -0.493. The highest BCUT2D eigenvalue weighted by molar-refractivity contribution is 6.27. The molecule has 0 aliphatic heterocycles. The summed E-state index contributed by atoms with van der Waals surface area (Å²) in [6.07, 6.45) is 0. The summed E-state index contributed by atoms with van der Waals surface area (Å²) in [7, 11) is 0. The molecule has 0 unspecified atom stereocenters. The van der Waals surface area contributed by atoms with Crippen LogP contribution < -0.4 is 5.32 Å². The number of alkyl halides is 1. The third-order valence-corrected chi connectivity index (χ3v) is 3.03. The van der Waals surface area contributed by atoms with Crippen LogP contribution in [0.1, 0.15) is 25.3 Å². The zero-order chi connectivity index (χ0) is 13.3. The quantitative estimate of drug-likeness (QED) is 0.869. The fourth-order valence-electron chi connectivity index (χ4n) is 1.89. The molecule has 1 aromatic carbocycles. The van der Waals surface area contributed by atoms with Crippen LogP contribution >= 0.6 is 11.6 Å². The van der Waals surface area contributed by atoms with Gasteiger partial charge in [-0.1, -0.05) is 6.07 Å². The van der Waals surface area contributed by atoms with E-state index in [0.29, 0.717) is 5.89 Å². The lowest BCUT2D eigenvalue weighted by Crippen LogP contribution is -2.41. The summed E-state index contributed by atoms with van der Waals surface area (Å²) >= 11 is 5.50. The van der Waals surface area contributed by atoms with Gasteiger partial charge in [-0.3, -0.25) is 4.79 Å². The smallest absolute Gasteiger partial charge is 0.235 e. The molecule has 0 aliphatic rings. The number of rotatable bonds is 3. The van der Waals surface area contributed by atoms with Gasteiger partial charge in [0.15, 0.2) is 11.5 Å². The SMILES string of the molecule is Cc1nc2cc(C(C)(C)NC(=O)CCl)ccc2o1. The lowest BCUT2D eigenvalue weighted by molar-refractivity contribution is -0.120. The number of hydrogen-bond donors (Lipinski definition) is 1. The number of halogens is 1. The van der Waals surface area contributed by atoms with Crippen molar-refractivity contribution in [1.82, 2.24) is 10.3 Å². The molecule has 0 bridgehead atoms. The number of nitrogens with zero attached hydrogens (tertiary/aromatic N) is 1. The molecule has 0 saturated heterocycles. The van der Waals surface area contributed by atoms with Crippen LogP contribution in [0.5, 0.6) is 0 Å². The van der Waals surface area contributed by atoms with E-state index in [0.717, 1.165) is 16.7 Å². The Morgan fingerprint density at radius 2 is 2.22 bits per heavy atom. The number of amides is 1. The molecule has 5 heteroatoms. The number of aromatic nitrogens is 1. The van der Waals surface area contributed by atoms with Crippen molar-refractivity contribution in [2.75, 3.05) is 5.88 Å². The first-order valence-electron chi connectivity index (χ1n) is 5.67. The van der Waals surface area contributed by atoms with Crippen LogP contribution in [0.4, 0.5) is 0 Å². The van der Waals surface area contributed by atoms with Crippen LogP contribution in [0, 0.1) is 6.92 Å². The van der Waals surface area contributed by atoms with Crippen molar-refractivity contribution in [1.29, 1.82) is 0 Å². The maximum absolute atomic E-state index is 11.4. The van der Waals surface area contributed by atoms with Gasteiger partial charge in [0.25, 0.3) is 0 Å². The molecular formula is C13H15ClN2O2. The molecule has 0 atom stereocenters. The van der Waals surface area contributed by atoms with E-state index in [1.165, 1.54) is 0 Å². The normalized spacial score (nSPS) is 11.8. The minimum absolute atomic E-state index is 0.0469. The molecule has 2 aromatic rings. The number of fused-ring (bicyclic) bond motifs is 1. The Hall–Kier alpha value is -1.55.